The quantitative estimate of drug-likeness (QED) is 0.621. The first kappa shape index (κ1) is 20.3. The number of hydrogen-bond acceptors (Lipinski definition) is 5. The summed E-state index contributed by atoms with van der Waals surface area (Å²) in [6.07, 6.45) is 2.45. The van der Waals surface area contributed by atoms with Crippen molar-refractivity contribution < 1.29 is 19.2 Å². The number of carbonyl (C=O) groups excluding carboxylic acids is 4. The van der Waals surface area contributed by atoms with Crippen molar-refractivity contribution in [3.8, 4) is 0 Å². The molecule has 0 radical (unpaired) electrons. The Bertz CT molecular complexity index is 822. The normalized spacial score (nSPS) is 23.9. The Labute approximate surface area is 168 Å². The highest BCUT2D eigenvalue weighted by atomic mass is 35.5. The molecule has 8 nitrogen and oxygen atoms in total. The Kier molecular flexibility index (Phi) is 6.00. The van der Waals surface area contributed by atoms with E-state index in [0.29, 0.717) is 25.1 Å². The number of rotatable bonds is 4. The van der Waals surface area contributed by atoms with Crippen LogP contribution >= 0.6 is 12.4 Å². The first-order chi connectivity index (χ1) is 13.0. The van der Waals surface area contributed by atoms with Gasteiger partial charge in [0.15, 0.2) is 0 Å². The van der Waals surface area contributed by atoms with Gasteiger partial charge < -0.3 is 15.5 Å². The zero-order valence-corrected chi connectivity index (χ0v) is 16.1. The predicted molar refractivity (Wildman–Crippen MR) is 103 cm³/mol. The van der Waals surface area contributed by atoms with Crippen molar-refractivity contribution in [3.05, 3.63) is 34.9 Å². The van der Waals surface area contributed by atoms with Gasteiger partial charge in [0.05, 0.1) is 6.04 Å². The first-order valence-electron chi connectivity index (χ1n) is 9.30. The van der Waals surface area contributed by atoms with Crippen LogP contribution in [0.4, 0.5) is 0 Å². The van der Waals surface area contributed by atoms with Gasteiger partial charge in [0, 0.05) is 25.1 Å². The average Bonchev–Trinajstić information content (AvgIpc) is 3.29. The minimum Gasteiger partial charge on any atom is -0.351 e. The van der Waals surface area contributed by atoms with Crippen molar-refractivity contribution in [3.63, 3.8) is 0 Å². The molecule has 3 N–H and O–H groups in total. The number of hydrogen-bond donors (Lipinski definition) is 3. The third-order valence-corrected chi connectivity index (χ3v) is 5.43. The lowest BCUT2D eigenvalue weighted by Crippen LogP contribution is -2.52. The van der Waals surface area contributed by atoms with E-state index in [2.05, 4.69) is 16.0 Å². The van der Waals surface area contributed by atoms with E-state index >= 15 is 0 Å². The van der Waals surface area contributed by atoms with Crippen molar-refractivity contribution in [2.45, 2.75) is 50.9 Å². The summed E-state index contributed by atoms with van der Waals surface area (Å²) in [6, 6.07) is 4.75. The summed E-state index contributed by atoms with van der Waals surface area (Å²) in [5.74, 6) is -0.904. The van der Waals surface area contributed by atoms with E-state index in [1.807, 2.05) is 12.1 Å². The Morgan fingerprint density at radius 2 is 2.04 bits per heavy atom. The summed E-state index contributed by atoms with van der Waals surface area (Å²) < 4.78 is 0. The molecule has 2 unspecified atom stereocenters. The SMILES string of the molecule is Cl.O=C1CCC(N2Cc3cc(CNC(=O)C4CCCN4)ccc3C2=O)C(=O)N1. The number of piperidine rings is 1. The van der Waals surface area contributed by atoms with Crippen LogP contribution in [0.3, 0.4) is 0 Å². The minimum atomic E-state index is -0.612. The van der Waals surface area contributed by atoms with Crippen LogP contribution in [0.25, 0.3) is 0 Å². The van der Waals surface area contributed by atoms with Crippen LogP contribution in [-0.2, 0) is 27.5 Å². The Morgan fingerprint density at radius 3 is 2.75 bits per heavy atom. The number of imide groups is 1. The fourth-order valence-electron chi connectivity index (χ4n) is 3.96. The van der Waals surface area contributed by atoms with E-state index in [9.17, 15) is 19.2 Å². The van der Waals surface area contributed by atoms with Gasteiger partial charge >= 0.3 is 0 Å². The molecule has 2 atom stereocenters. The third-order valence-electron chi connectivity index (χ3n) is 5.43. The van der Waals surface area contributed by atoms with Crippen molar-refractivity contribution in [1.29, 1.82) is 0 Å². The molecule has 4 rings (SSSR count). The lowest BCUT2D eigenvalue weighted by atomic mass is 10.0. The Morgan fingerprint density at radius 1 is 1.21 bits per heavy atom. The average molecular weight is 407 g/mol. The lowest BCUT2D eigenvalue weighted by molar-refractivity contribution is -0.137. The van der Waals surface area contributed by atoms with Gasteiger partial charge in [-0.2, -0.15) is 0 Å². The first-order valence-corrected chi connectivity index (χ1v) is 9.30. The largest absolute Gasteiger partial charge is 0.351 e. The van der Waals surface area contributed by atoms with Gasteiger partial charge in [-0.05, 0) is 43.0 Å². The van der Waals surface area contributed by atoms with Crippen molar-refractivity contribution in [2.24, 2.45) is 0 Å². The molecule has 0 aliphatic carbocycles. The van der Waals surface area contributed by atoms with Crippen LogP contribution in [0.5, 0.6) is 0 Å². The number of carbonyl (C=O) groups is 4. The van der Waals surface area contributed by atoms with Crippen molar-refractivity contribution >= 4 is 36.0 Å². The number of benzene rings is 1. The van der Waals surface area contributed by atoms with Crippen molar-refractivity contribution in [1.82, 2.24) is 20.9 Å². The predicted octanol–water partition coefficient (Wildman–Crippen LogP) is 0.238. The van der Waals surface area contributed by atoms with E-state index < -0.39 is 11.9 Å². The van der Waals surface area contributed by atoms with Crippen LogP contribution in [0.2, 0.25) is 0 Å². The molecular formula is C19H23ClN4O4. The number of halogens is 1. The van der Waals surface area contributed by atoms with Crippen LogP contribution in [0.15, 0.2) is 18.2 Å². The van der Waals surface area contributed by atoms with Gasteiger partial charge in [-0.1, -0.05) is 12.1 Å². The summed E-state index contributed by atoms with van der Waals surface area (Å²) in [7, 11) is 0. The highest BCUT2D eigenvalue weighted by Crippen LogP contribution is 2.28. The molecule has 3 aliphatic rings. The fourth-order valence-corrected chi connectivity index (χ4v) is 3.96. The van der Waals surface area contributed by atoms with E-state index in [-0.39, 0.29) is 42.6 Å². The molecule has 0 saturated carbocycles. The van der Waals surface area contributed by atoms with Gasteiger partial charge in [0.2, 0.25) is 17.7 Å². The second-order valence-electron chi connectivity index (χ2n) is 7.26. The Hall–Kier alpha value is -2.45. The second-order valence-corrected chi connectivity index (χ2v) is 7.26. The molecule has 3 heterocycles. The lowest BCUT2D eigenvalue weighted by Gasteiger charge is -2.29. The summed E-state index contributed by atoms with van der Waals surface area (Å²) in [5.41, 5.74) is 2.33. The minimum absolute atomic E-state index is 0. The second kappa shape index (κ2) is 8.28. The molecule has 1 aromatic carbocycles. The standard InChI is InChI=1S/C19H22N4O4.ClH/c24-16-6-5-15(18(26)22-16)23-10-12-8-11(3-4-13(12)19(23)27)9-21-17(25)14-2-1-7-20-14;/h3-4,8,14-15,20H,1-2,5-7,9-10H2,(H,21,25)(H,22,24,26);1H. The van der Waals surface area contributed by atoms with Gasteiger partial charge in [0.25, 0.3) is 5.91 Å². The van der Waals surface area contributed by atoms with Crippen LogP contribution in [-0.4, -0.2) is 47.2 Å². The monoisotopic (exact) mass is 406 g/mol. The summed E-state index contributed by atoms with van der Waals surface area (Å²) in [4.78, 5) is 49.7. The maximum absolute atomic E-state index is 12.7. The smallest absolute Gasteiger partial charge is 0.255 e. The molecule has 150 valence electrons. The highest BCUT2D eigenvalue weighted by molar-refractivity contribution is 6.05. The molecule has 28 heavy (non-hydrogen) atoms. The molecule has 0 aromatic heterocycles. The number of nitrogens with zero attached hydrogens (tertiary/aromatic N) is 1. The van der Waals surface area contributed by atoms with Crippen molar-refractivity contribution in [2.75, 3.05) is 6.54 Å². The maximum atomic E-state index is 12.7. The highest BCUT2D eigenvalue weighted by Gasteiger charge is 2.39. The summed E-state index contributed by atoms with van der Waals surface area (Å²) >= 11 is 0. The van der Waals surface area contributed by atoms with E-state index in [0.717, 1.165) is 30.5 Å². The Balaban J connectivity index is 0.00000225. The molecule has 2 saturated heterocycles. The molecule has 9 heteroatoms. The topological polar surface area (TPSA) is 108 Å². The molecule has 0 bridgehead atoms. The van der Waals surface area contributed by atoms with Gasteiger partial charge in [-0.25, -0.2) is 0 Å². The van der Waals surface area contributed by atoms with E-state index in [4.69, 9.17) is 0 Å². The van der Waals surface area contributed by atoms with E-state index in [1.165, 1.54) is 4.90 Å². The van der Waals surface area contributed by atoms with Gasteiger partial charge in [0.1, 0.15) is 6.04 Å². The summed E-state index contributed by atoms with van der Waals surface area (Å²) in [5, 5.41) is 8.39. The zero-order valence-electron chi connectivity index (χ0n) is 15.3. The van der Waals surface area contributed by atoms with Crippen LogP contribution in [0, 0.1) is 0 Å². The molecule has 0 spiro atoms. The molecular weight excluding hydrogens is 384 g/mol. The number of nitrogens with one attached hydrogen (secondary N) is 3. The molecule has 1 aromatic rings. The van der Waals surface area contributed by atoms with Crippen LogP contribution in [0.1, 0.15) is 47.2 Å². The third kappa shape index (κ3) is 3.88. The molecule has 4 amide bonds. The zero-order chi connectivity index (χ0) is 19.0. The summed E-state index contributed by atoms with van der Waals surface area (Å²) in [6.45, 7) is 1.61. The van der Waals surface area contributed by atoms with Gasteiger partial charge in [-0.3, -0.25) is 24.5 Å². The van der Waals surface area contributed by atoms with Gasteiger partial charge in [-0.15, -0.1) is 12.4 Å². The number of fused-ring (bicyclic) bond motifs is 1. The molecule has 3 aliphatic heterocycles. The number of amides is 4. The van der Waals surface area contributed by atoms with E-state index in [1.54, 1.807) is 6.07 Å². The maximum Gasteiger partial charge on any atom is 0.255 e. The van der Waals surface area contributed by atoms with Crippen LogP contribution < -0.4 is 16.0 Å². The molecule has 2 fully saturated rings. The fraction of sp³-hybridized carbons (Fsp3) is 0.474.